The van der Waals surface area contributed by atoms with E-state index in [1.54, 1.807) is 45.2 Å². The molecular weight excluding hydrogens is 414 g/mol. The molecule has 0 radical (unpaired) electrons. The molecule has 2 heterocycles. The summed E-state index contributed by atoms with van der Waals surface area (Å²) in [5.41, 5.74) is 1.36. The van der Waals surface area contributed by atoms with Crippen molar-refractivity contribution in [1.29, 1.82) is 0 Å². The molecule has 0 unspecified atom stereocenters. The Morgan fingerprint density at radius 3 is 2.56 bits per heavy atom. The molecule has 10 nitrogen and oxygen atoms in total. The van der Waals surface area contributed by atoms with Crippen molar-refractivity contribution in [1.82, 2.24) is 25.3 Å². The molecule has 3 amide bonds. The number of likely N-dealkylation sites (tertiary alicyclic amines) is 1. The highest BCUT2D eigenvalue weighted by molar-refractivity contribution is 5.94. The summed E-state index contributed by atoms with van der Waals surface area (Å²) in [4.78, 5) is 44.0. The first-order valence-corrected chi connectivity index (χ1v) is 10.8. The van der Waals surface area contributed by atoms with Crippen LogP contribution in [0.1, 0.15) is 42.9 Å². The molecule has 172 valence electrons. The first kappa shape index (κ1) is 23.2. The van der Waals surface area contributed by atoms with Crippen molar-refractivity contribution in [2.45, 2.75) is 39.2 Å². The van der Waals surface area contributed by atoms with Crippen molar-refractivity contribution >= 4 is 17.9 Å². The molecule has 1 aliphatic heterocycles. The number of rotatable bonds is 8. The highest BCUT2D eigenvalue weighted by atomic mass is 16.5. The molecule has 0 spiro atoms. The van der Waals surface area contributed by atoms with Crippen LogP contribution in [0.25, 0.3) is 11.5 Å². The van der Waals surface area contributed by atoms with Gasteiger partial charge in [-0.25, -0.2) is 9.59 Å². The summed E-state index contributed by atoms with van der Waals surface area (Å²) in [7, 11) is 1.62. The molecule has 10 heteroatoms. The van der Waals surface area contributed by atoms with Crippen LogP contribution in [0.4, 0.5) is 4.79 Å². The van der Waals surface area contributed by atoms with Gasteiger partial charge in [0.2, 0.25) is 0 Å². The van der Waals surface area contributed by atoms with Crippen LogP contribution in [0.3, 0.4) is 0 Å². The van der Waals surface area contributed by atoms with Crippen LogP contribution in [0.2, 0.25) is 0 Å². The minimum Gasteiger partial charge on any atom is -0.464 e. The molecule has 0 bridgehead atoms. The number of hydrogen-bond acceptors (Lipinski definition) is 7. The predicted molar refractivity (Wildman–Crippen MR) is 116 cm³/mol. The fraction of sp³-hybridized carbons (Fsp3) is 0.500. The molecular formula is C22H29N5O5. The summed E-state index contributed by atoms with van der Waals surface area (Å²) in [5, 5.41) is 6.55. The number of nitrogens with one attached hydrogen (secondary N) is 1. The minimum atomic E-state index is -0.734. The Hall–Kier alpha value is -3.43. The quantitative estimate of drug-likeness (QED) is 0.621. The second-order valence-corrected chi connectivity index (χ2v) is 7.69. The Morgan fingerprint density at radius 1 is 1.22 bits per heavy atom. The SMILES string of the molecule is CCOC(=O)[C@H](C)NC(=O)N(C)CCc1noc(-c2ccc(C(=O)N3CCCC3)cc2)n1. The van der Waals surface area contributed by atoms with E-state index in [0.717, 1.165) is 31.5 Å². The van der Waals surface area contributed by atoms with Crippen molar-refractivity contribution < 1.29 is 23.6 Å². The summed E-state index contributed by atoms with van der Waals surface area (Å²) >= 11 is 0. The van der Waals surface area contributed by atoms with Crippen LogP contribution >= 0.6 is 0 Å². The van der Waals surface area contributed by atoms with Gasteiger partial charge in [-0.3, -0.25) is 4.79 Å². The van der Waals surface area contributed by atoms with Gasteiger partial charge in [-0.1, -0.05) is 5.16 Å². The average molecular weight is 444 g/mol. The molecule has 1 atom stereocenters. The third-order valence-electron chi connectivity index (χ3n) is 5.24. The lowest BCUT2D eigenvalue weighted by Gasteiger charge is -2.19. The maximum absolute atomic E-state index is 12.5. The largest absolute Gasteiger partial charge is 0.464 e. The van der Waals surface area contributed by atoms with E-state index in [2.05, 4.69) is 15.5 Å². The third kappa shape index (κ3) is 5.83. The fourth-order valence-electron chi connectivity index (χ4n) is 3.32. The van der Waals surface area contributed by atoms with Gasteiger partial charge in [0.25, 0.3) is 11.8 Å². The van der Waals surface area contributed by atoms with Crippen molar-refractivity contribution in [3.05, 3.63) is 35.7 Å². The molecule has 1 aliphatic rings. The molecule has 3 rings (SSSR count). The molecule has 0 aliphatic carbocycles. The van der Waals surface area contributed by atoms with E-state index >= 15 is 0 Å². The Kier molecular flexibility index (Phi) is 7.80. The van der Waals surface area contributed by atoms with E-state index in [1.165, 1.54) is 4.90 Å². The lowest BCUT2D eigenvalue weighted by molar-refractivity contribution is -0.144. The van der Waals surface area contributed by atoms with E-state index < -0.39 is 18.0 Å². The zero-order valence-electron chi connectivity index (χ0n) is 18.7. The number of benzene rings is 1. The van der Waals surface area contributed by atoms with Gasteiger partial charge in [0.15, 0.2) is 5.82 Å². The fourth-order valence-corrected chi connectivity index (χ4v) is 3.32. The molecule has 1 aromatic heterocycles. The lowest BCUT2D eigenvalue weighted by atomic mass is 10.1. The van der Waals surface area contributed by atoms with Crippen LogP contribution in [0.15, 0.2) is 28.8 Å². The van der Waals surface area contributed by atoms with E-state index in [1.807, 2.05) is 4.90 Å². The summed E-state index contributed by atoms with van der Waals surface area (Å²) in [6.45, 7) is 5.49. The van der Waals surface area contributed by atoms with E-state index in [0.29, 0.717) is 30.2 Å². The number of esters is 1. The van der Waals surface area contributed by atoms with Crippen LogP contribution in [-0.2, 0) is 16.0 Å². The highest BCUT2D eigenvalue weighted by Gasteiger charge is 2.21. The smallest absolute Gasteiger partial charge is 0.328 e. The number of carbonyl (C=O) groups excluding carboxylic acids is 3. The van der Waals surface area contributed by atoms with E-state index in [-0.39, 0.29) is 12.5 Å². The monoisotopic (exact) mass is 443 g/mol. The van der Waals surface area contributed by atoms with Crippen LogP contribution in [-0.4, -0.2) is 77.2 Å². The molecule has 2 aromatic rings. The number of nitrogens with zero attached hydrogens (tertiary/aromatic N) is 4. The van der Waals surface area contributed by atoms with Crippen molar-refractivity contribution in [3.8, 4) is 11.5 Å². The number of hydrogen-bond donors (Lipinski definition) is 1. The molecule has 1 aromatic carbocycles. The van der Waals surface area contributed by atoms with Gasteiger partial charge in [0.05, 0.1) is 6.61 Å². The number of ether oxygens (including phenoxy) is 1. The van der Waals surface area contributed by atoms with Crippen molar-refractivity contribution in [2.24, 2.45) is 0 Å². The molecule has 1 N–H and O–H groups in total. The zero-order chi connectivity index (χ0) is 23.1. The molecule has 32 heavy (non-hydrogen) atoms. The predicted octanol–water partition coefficient (Wildman–Crippen LogP) is 2.11. The Balaban J connectivity index is 1.51. The second-order valence-electron chi connectivity index (χ2n) is 7.69. The number of carbonyl (C=O) groups is 3. The normalized spacial score (nSPS) is 14.2. The first-order chi connectivity index (χ1) is 15.4. The van der Waals surface area contributed by atoms with E-state index in [4.69, 9.17) is 9.26 Å². The summed E-state index contributed by atoms with van der Waals surface area (Å²) in [6.07, 6.45) is 2.48. The molecule has 1 saturated heterocycles. The average Bonchev–Trinajstić information content (AvgIpc) is 3.49. The zero-order valence-corrected chi connectivity index (χ0v) is 18.7. The van der Waals surface area contributed by atoms with Gasteiger partial charge in [-0.15, -0.1) is 0 Å². The summed E-state index contributed by atoms with van der Waals surface area (Å²) < 4.78 is 10.2. The van der Waals surface area contributed by atoms with Gasteiger partial charge in [0, 0.05) is 44.2 Å². The van der Waals surface area contributed by atoms with E-state index in [9.17, 15) is 14.4 Å². The maximum Gasteiger partial charge on any atom is 0.328 e. The van der Waals surface area contributed by atoms with Gasteiger partial charge >= 0.3 is 12.0 Å². The Labute approximate surface area is 186 Å². The van der Waals surface area contributed by atoms with Gasteiger partial charge < -0.3 is 24.4 Å². The number of urea groups is 1. The summed E-state index contributed by atoms with van der Waals surface area (Å²) in [5.74, 6) is 0.364. The third-order valence-corrected chi connectivity index (χ3v) is 5.24. The minimum absolute atomic E-state index is 0.0406. The maximum atomic E-state index is 12.5. The second kappa shape index (κ2) is 10.7. The molecule has 0 saturated carbocycles. The molecule has 1 fully saturated rings. The van der Waals surface area contributed by atoms with Crippen LogP contribution in [0.5, 0.6) is 0 Å². The van der Waals surface area contributed by atoms with Crippen LogP contribution < -0.4 is 5.32 Å². The topological polar surface area (TPSA) is 118 Å². The Morgan fingerprint density at radius 2 is 1.91 bits per heavy atom. The summed E-state index contributed by atoms with van der Waals surface area (Å²) in [6, 6.07) is 5.98. The highest BCUT2D eigenvalue weighted by Crippen LogP contribution is 2.20. The van der Waals surface area contributed by atoms with Gasteiger partial charge in [-0.05, 0) is 51.0 Å². The lowest BCUT2D eigenvalue weighted by Crippen LogP contribution is -2.46. The number of amides is 3. The van der Waals surface area contributed by atoms with Crippen LogP contribution in [0, 0.1) is 0 Å². The van der Waals surface area contributed by atoms with Crippen molar-refractivity contribution in [3.63, 3.8) is 0 Å². The Bertz CT molecular complexity index is 936. The van der Waals surface area contributed by atoms with Gasteiger partial charge in [0.1, 0.15) is 6.04 Å². The van der Waals surface area contributed by atoms with Crippen molar-refractivity contribution in [2.75, 3.05) is 33.3 Å². The number of likely N-dealkylation sites (N-methyl/N-ethyl adjacent to an activating group) is 1. The standard InChI is InChI=1S/C22H29N5O5/c1-4-31-21(29)15(2)23-22(30)26(3)14-11-18-24-19(32-25-18)16-7-9-17(10-8-16)20(28)27-12-5-6-13-27/h7-10,15H,4-6,11-14H2,1-3H3,(H,23,30)/t15-/m0/s1. The number of aromatic nitrogens is 2. The first-order valence-electron chi connectivity index (χ1n) is 10.8. The van der Waals surface area contributed by atoms with Gasteiger partial charge in [-0.2, -0.15) is 4.98 Å².